The predicted octanol–water partition coefficient (Wildman–Crippen LogP) is 3.21. The molecule has 6 nitrogen and oxygen atoms in total. The molecule has 24 heavy (non-hydrogen) atoms. The number of amides is 1. The number of nitrogens with zero attached hydrogens (tertiary/aromatic N) is 2. The molecule has 2 N–H and O–H groups in total. The highest BCUT2D eigenvalue weighted by Gasteiger charge is 2.19. The van der Waals surface area contributed by atoms with E-state index in [9.17, 15) is 9.59 Å². The number of aromatic amines is 1. The molecule has 128 valence electrons. The summed E-state index contributed by atoms with van der Waals surface area (Å²) in [6, 6.07) is 6.99. The summed E-state index contributed by atoms with van der Waals surface area (Å²) >= 11 is 3.39. The van der Waals surface area contributed by atoms with Crippen molar-refractivity contribution in [3.63, 3.8) is 0 Å². The zero-order valence-corrected chi connectivity index (χ0v) is 15.6. The second-order valence-electron chi connectivity index (χ2n) is 6.02. The highest BCUT2D eigenvalue weighted by atomic mass is 79.9. The van der Waals surface area contributed by atoms with Gasteiger partial charge in [-0.15, -0.1) is 10.2 Å². The van der Waals surface area contributed by atoms with Crippen molar-refractivity contribution in [2.45, 2.75) is 39.7 Å². The lowest BCUT2D eigenvalue weighted by Gasteiger charge is -2.16. The van der Waals surface area contributed by atoms with Gasteiger partial charge in [0.2, 0.25) is 5.91 Å². The van der Waals surface area contributed by atoms with Crippen molar-refractivity contribution < 1.29 is 4.79 Å². The molecule has 1 amide bonds. The minimum Gasteiger partial charge on any atom is -0.347 e. The Hall–Kier alpha value is -2.02. The van der Waals surface area contributed by atoms with E-state index in [2.05, 4.69) is 36.4 Å². The summed E-state index contributed by atoms with van der Waals surface area (Å²) in [5.41, 5.74) is 0.655. The lowest BCUT2D eigenvalue weighted by molar-refractivity contribution is -0.122. The van der Waals surface area contributed by atoms with E-state index in [0.717, 1.165) is 10.0 Å². The number of rotatable bonds is 6. The summed E-state index contributed by atoms with van der Waals surface area (Å²) in [5.74, 6) is 0.563. The average molecular weight is 393 g/mol. The van der Waals surface area contributed by atoms with E-state index < -0.39 is 6.04 Å². The molecular formula is C17H21BrN4O2. The highest BCUT2D eigenvalue weighted by molar-refractivity contribution is 9.10. The lowest BCUT2D eigenvalue weighted by atomic mass is 10.1. The lowest BCUT2D eigenvalue weighted by Crippen LogP contribution is -2.34. The first-order valence-electron chi connectivity index (χ1n) is 7.93. The van der Waals surface area contributed by atoms with Crippen LogP contribution in [0.5, 0.6) is 0 Å². The Bertz CT molecular complexity index is 773. The zero-order chi connectivity index (χ0) is 17.7. The molecule has 1 unspecified atom stereocenters. The van der Waals surface area contributed by atoms with Crippen LogP contribution in [-0.2, 0) is 4.79 Å². The van der Waals surface area contributed by atoms with E-state index in [0.29, 0.717) is 18.7 Å². The topological polar surface area (TPSA) is 87.7 Å². The van der Waals surface area contributed by atoms with Gasteiger partial charge in [0.1, 0.15) is 0 Å². The summed E-state index contributed by atoms with van der Waals surface area (Å²) in [4.78, 5) is 27.1. The van der Waals surface area contributed by atoms with Gasteiger partial charge < -0.3 is 10.3 Å². The number of carbonyl (C=O) groups excluding carboxylic acids is 1. The predicted molar refractivity (Wildman–Crippen MR) is 96.4 cm³/mol. The van der Waals surface area contributed by atoms with E-state index in [-0.39, 0.29) is 23.1 Å². The van der Waals surface area contributed by atoms with Gasteiger partial charge >= 0.3 is 0 Å². The standard InChI is InChI=1S/C17H21BrN4O2/c1-4-13(19-14(23)8-10(2)3)15-17(24)20-16(22-21-15)11-6-5-7-12(18)9-11/h5-7,9-10,13H,4,8H2,1-3H3,(H,19,23)(H,20,22,24). The Morgan fingerprint density at radius 1 is 1.33 bits per heavy atom. The number of benzene rings is 1. The van der Waals surface area contributed by atoms with Gasteiger partial charge in [0.15, 0.2) is 11.5 Å². The molecule has 1 heterocycles. The smallest absolute Gasteiger partial charge is 0.275 e. The maximum absolute atomic E-state index is 12.4. The first kappa shape index (κ1) is 18.3. The number of halogens is 1. The molecule has 0 spiro atoms. The second-order valence-corrected chi connectivity index (χ2v) is 6.94. The SMILES string of the molecule is CCC(NC(=O)CC(C)C)c1nnc(-c2cccc(Br)c2)[nH]c1=O. The van der Waals surface area contributed by atoms with Crippen molar-refractivity contribution in [2.24, 2.45) is 5.92 Å². The summed E-state index contributed by atoms with van der Waals surface area (Å²) in [5, 5.41) is 11.0. The molecule has 0 fully saturated rings. The molecule has 0 aliphatic heterocycles. The molecule has 0 aliphatic rings. The van der Waals surface area contributed by atoms with E-state index in [4.69, 9.17) is 0 Å². The first-order chi connectivity index (χ1) is 11.4. The number of carbonyl (C=O) groups is 1. The van der Waals surface area contributed by atoms with Crippen LogP contribution in [0.15, 0.2) is 33.5 Å². The van der Waals surface area contributed by atoms with Gasteiger partial charge in [0.25, 0.3) is 5.56 Å². The van der Waals surface area contributed by atoms with Crippen molar-refractivity contribution in [3.05, 3.63) is 44.8 Å². The van der Waals surface area contributed by atoms with Crippen LogP contribution in [0.4, 0.5) is 0 Å². The summed E-state index contributed by atoms with van der Waals surface area (Å²) in [7, 11) is 0. The Balaban J connectivity index is 2.24. The Kier molecular flexibility index (Phi) is 6.25. The molecule has 2 rings (SSSR count). The fourth-order valence-corrected chi connectivity index (χ4v) is 2.73. The number of nitrogens with one attached hydrogen (secondary N) is 2. The van der Waals surface area contributed by atoms with Gasteiger partial charge in [-0.2, -0.15) is 0 Å². The third kappa shape index (κ3) is 4.74. The van der Waals surface area contributed by atoms with Crippen molar-refractivity contribution in [1.29, 1.82) is 0 Å². The zero-order valence-electron chi connectivity index (χ0n) is 14.0. The molecule has 0 radical (unpaired) electrons. The van der Waals surface area contributed by atoms with E-state index in [1.54, 1.807) is 0 Å². The molecule has 0 bridgehead atoms. The van der Waals surface area contributed by atoms with Crippen molar-refractivity contribution in [2.75, 3.05) is 0 Å². The van der Waals surface area contributed by atoms with Crippen LogP contribution in [0, 0.1) is 5.92 Å². The minimum atomic E-state index is -0.441. The summed E-state index contributed by atoms with van der Waals surface area (Å²) < 4.78 is 0.888. The van der Waals surface area contributed by atoms with Crippen LogP contribution in [0.3, 0.4) is 0 Å². The van der Waals surface area contributed by atoms with Crippen LogP contribution < -0.4 is 10.9 Å². The minimum absolute atomic E-state index is 0.0888. The summed E-state index contributed by atoms with van der Waals surface area (Å²) in [6.07, 6.45) is 0.982. The number of hydrogen-bond acceptors (Lipinski definition) is 4. The quantitative estimate of drug-likeness (QED) is 0.789. The van der Waals surface area contributed by atoms with Crippen molar-refractivity contribution >= 4 is 21.8 Å². The Morgan fingerprint density at radius 2 is 2.08 bits per heavy atom. The second kappa shape index (κ2) is 8.19. The van der Waals surface area contributed by atoms with Gasteiger partial charge in [-0.05, 0) is 24.5 Å². The highest BCUT2D eigenvalue weighted by Crippen LogP contribution is 2.19. The van der Waals surface area contributed by atoms with Crippen molar-refractivity contribution in [1.82, 2.24) is 20.5 Å². The fourth-order valence-electron chi connectivity index (χ4n) is 2.33. The largest absolute Gasteiger partial charge is 0.347 e. The normalized spacial score (nSPS) is 12.2. The molecule has 2 aromatic rings. The van der Waals surface area contributed by atoms with Crippen LogP contribution in [0.2, 0.25) is 0 Å². The van der Waals surface area contributed by atoms with Crippen LogP contribution in [0.1, 0.15) is 45.3 Å². The molecule has 1 aromatic heterocycles. The molecule has 1 aromatic carbocycles. The van der Waals surface area contributed by atoms with Gasteiger partial charge in [0, 0.05) is 16.5 Å². The number of H-pyrrole nitrogens is 1. The molecule has 0 saturated carbocycles. The Labute approximate surface area is 149 Å². The number of hydrogen-bond donors (Lipinski definition) is 2. The molecule has 1 atom stereocenters. The molecule has 0 saturated heterocycles. The van der Waals surface area contributed by atoms with Gasteiger partial charge in [-0.1, -0.05) is 48.8 Å². The maximum Gasteiger partial charge on any atom is 0.275 e. The maximum atomic E-state index is 12.4. The molecule has 0 aliphatic carbocycles. The van der Waals surface area contributed by atoms with Crippen molar-refractivity contribution in [3.8, 4) is 11.4 Å². The van der Waals surface area contributed by atoms with E-state index >= 15 is 0 Å². The van der Waals surface area contributed by atoms with Gasteiger partial charge in [-0.3, -0.25) is 9.59 Å². The molecule has 7 heteroatoms. The molecular weight excluding hydrogens is 372 g/mol. The Morgan fingerprint density at radius 3 is 2.67 bits per heavy atom. The third-order valence-corrected chi connectivity index (χ3v) is 3.98. The van der Waals surface area contributed by atoms with E-state index in [1.807, 2.05) is 45.0 Å². The monoisotopic (exact) mass is 392 g/mol. The van der Waals surface area contributed by atoms with Crippen LogP contribution in [-0.4, -0.2) is 21.1 Å². The third-order valence-electron chi connectivity index (χ3n) is 3.49. The van der Waals surface area contributed by atoms with Gasteiger partial charge in [-0.25, -0.2) is 0 Å². The average Bonchev–Trinajstić information content (AvgIpc) is 2.52. The van der Waals surface area contributed by atoms with E-state index in [1.165, 1.54) is 0 Å². The number of aromatic nitrogens is 3. The van der Waals surface area contributed by atoms with Crippen LogP contribution in [0.25, 0.3) is 11.4 Å². The first-order valence-corrected chi connectivity index (χ1v) is 8.72. The van der Waals surface area contributed by atoms with Gasteiger partial charge in [0.05, 0.1) is 6.04 Å². The summed E-state index contributed by atoms with van der Waals surface area (Å²) in [6.45, 7) is 5.84. The van der Waals surface area contributed by atoms with Crippen LogP contribution >= 0.6 is 15.9 Å². The fraction of sp³-hybridized carbons (Fsp3) is 0.412.